The van der Waals surface area contributed by atoms with Gasteiger partial charge < -0.3 is 15.4 Å². The molecule has 1 aromatic rings. The van der Waals surface area contributed by atoms with Crippen molar-refractivity contribution in [3.8, 4) is 0 Å². The van der Waals surface area contributed by atoms with E-state index in [-0.39, 0.29) is 11.2 Å². The fourth-order valence-electron chi connectivity index (χ4n) is 3.90. The molecule has 3 rings (SSSR count). The Kier molecular flexibility index (Phi) is 6.48. The Morgan fingerprint density at radius 3 is 2.85 bits per heavy atom. The Balaban J connectivity index is 1.49. The third kappa shape index (κ3) is 4.54. The van der Waals surface area contributed by atoms with Crippen LogP contribution in [0.4, 0.5) is 4.39 Å². The molecule has 2 aliphatic rings. The second kappa shape index (κ2) is 8.82. The molecule has 1 atom stereocenters. The number of benzene rings is 1. The molecule has 0 bridgehead atoms. The summed E-state index contributed by atoms with van der Waals surface area (Å²) in [5, 5.41) is 6.86. The molecule has 1 aromatic carbocycles. The maximum absolute atomic E-state index is 14.1. The molecule has 1 heterocycles. The summed E-state index contributed by atoms with van der Waals surface area (Å²) >= 11 is 0. The van der Waals surface area contributed by atoms with Crippen LogP contribution in [0.2, 0.25) is 0 Å². The van der Waals surface area contributed by atoms with Crippen molar-refractivity contribution in [1.82, 2.24) is 15.5 Å². The van der Waals surface area contributed by atoms with Crippen LogP contribution < -0.4 is 10.6 Å². The number of hydrogen-bond acceptors (Lipinski definition) is 3. The number of rotatable bonds is 8. The molecule has 1 saturated heterocycles. The molecule has 26 heavy (non-hydrogen) atoms. The number of ether oxygens (including phenoxy) is 1. The van der Waals surface area contributed by atoms with Gasteiger partial charge >= 0.3 is 0 Å². The van der Waals surface area contributed by atoms with Gasteiger partial charge in [0.1, 0.15) is 5.82 Å². The molecule has 0 spiro atoms. The monoisotopic (exact) mass is 362 g/mol. The highest BCUT2D eigenvalue weighted by Gasteiger charge is 2.45. The maximum Gasteiger partial charge on any atom is 0.191 e. The summed E-state index contributed by atoms with van der Waals surface area (Å²) in [7, 11) is 3.54. The minimum atomic E-state index is -0.102. The Morgan fingerprint density at radius 2 is 2.15 bits per heavy atom. The lowest BCUT2D eigenvalue weighted by molar-refractivity contribution is 0.141. The van der Waals surface area contributed by atoms with Crippen molar-refractivity contribution in [3.63, 3.8) is 0 Å². The van der Waals surface area contributed by atoms with E-state index in [0.717, 1.165) is 50.6 Å². The van der Waals surface area contributed by atoms with Gasteiger partial charge in [0.05, 0.1) is 6.61 Å². The highest BCUT2D eigenvalue weighted by Crippen LogP contribution is 2.48. The van der Waals surface area contributed by atoms with Gasteiger partial charge in [-0.15, -0.1) is 0 Å². The number of aliphatic imine (C=N–C) groups is 1. The number of nitrogens with one attached hydrogen (secondary N) is 2. The smallest absolute Gasteiger partial charge is 0.191 e. The predicted molar refractivity (Wildman–Crippen MR) is 103 cm³/mol. The third-order valence-electron chi connectivity index (χ3n) is 5.70. The quantitative estimate of drug-likeness (QED) is 0.549. The van der Waals surface area contributed by atoms with E-state index in [4.69, 9.17) is 4.74 Å². The summed E-state index contributed by atoms with van der Waals surface area (Å²) in [4.78, 5) is 6.82. The van der Waals surface area contributed by atoms with Crippen molar-refractivity contribution in [2.45, 2.75) is 37.1 Å². The first kappa shape index (κ1) is 19.1. The van der Waals surface area contributed by atoms with E-state index < -0.39 is 0 Å². The molecule has 2 fully saturated rings. The van der Waals surface area contributed by atoms with Gasteiger partial charge in [0, 0.05) is 45.2 Å². The highest BCUT2D eigenvalue weighted by molar-refractivity contribution is 5.79. The average molecular weight is 362 g/mol. The zero-order valence-corrected chi connectivity index (χ0v) is 15.9. The summed E-state index contributed by atoms with van der Waals surface area (Å²) in [6.07, 6.45) is 4.47. The van der Waals surface area contributed by atoms with Crippen LogP contribution in [0, 0.1) is 5.82 Å². The van der Waals surface area contributed by atoms with E-state index in [1.165, 1.54) is 12.8 Å². The number of likely N-dealkylation sites (tertiary alicyclic amines) is 1. The van der Waals surface area contributed by atoms with Crippen molar-refractivity contribution < 1.29 is 9.13 Å². The summed E-state index contributed by atoms with van der Waals surface area (Å²) in [5.74, 6) is 0.695. The van der Waals surface area contributed by atoms with Gasteiger partial charge in [0.2, 0.25) is 0 Å². The van der Waals surface area contributed by atoms with Crippen LogP contribution in [0.3, 0.4) is 0 Å². The van der Waals surface area contributed by atoms with Crippen LogP contribution in [-0.4, -0.2) is 63.8 Å². The third-order valence-corrected chi connectivity index (χ3v) is 5.70. The number of guanidine groups is 1. The lowest BCUT2D eigenvalue weighted by atomic mass is 9.95. The molecule has 6 heteroatoms. The van der Waals surface area contributed by atoms with Gasteiger partial charge in [0.25, 0.3) is 0 Å². The van der Waals surface area contributed by atoms with Crippen LogP contribution >= 0.6 is 0 Å². The van der Waals surface area contributed by atoms with Gasteiger partial charge in [-0.25, -0.2) is 4.39 Å². The Morgan fingerprint density at radius 1 is 1.35 bits per heavy atom. The fourth-order valence-corrected chi connectivity index (χ4v) is 3.90. The minimum absolute atomic E-state index is 0.0825. The Labute approximate surface area is 156 Å². The Bertz CT molecular complexity index is 618. The van der Waals surface area contributed by atoms with Crippen molar-refractivity contribution in [1.29, 1.82) is 0 Å². The second-order valence-corrected chi connectivity index (χ2v) is 7.39. The van der Waals surface area contributed by atoms with Gasteiger partial charge in [0.15, 0.2) is 5.96 Å². The Hall–Kier alpha value is -1.66. The van der Waals surface area contributed by atoms with Crippen LogP contribution in [0.1, 0.15) is 31.2 Å². The summed E-state index contributed by atoms with van der Waals surface area (Å²) in [6.45, 7) is 4.47. The lowest BCUT2D eigenvalue weighted by Gasteiger charge is -2.25. The second-order valence-electron chi connectivity index (χ2n) is 7.39. The number of halogens is 1. The van der Waals surface area contributed by atoms with Gasteiger partial charge in [-0.3, -0.25) is 9.89 Å². The minimum Gasteiger partial charge on any atom is -0.383 e. The van der Waals surface area contributed by atoms with Crippen LogP contribution in [0.15, 0.2) is 29.3 Å². The first-order valence-electron chi connectivity index (χ1n) is 9.61. The maximum atomic E-state index is 14.1. The van der Waals surface area contributed by atoms with Gasteiger partial charge in [-0.05, 0) is 43.9 Å². The first-order chi connectivity index (χ1) is 12.7. The van der Waals surface area contributed by atoms with Crippen molar-refractivity contribution in [2.24, 2.45) is 4.99 Å². The van der Waals surface area contributed by atoms with E-state index in [1.54, 1.807) is 26.3 Å². The van der Waals surface area contributed by atoms with E-state index in [1.807, 2.05) is 12.1 Å². The highest BCUT2D eigenvalue weighted by atomic mass is 19.1. The SMILES string of the molecule is CN=C(NCC1CCCN1CCOC)NCC1(c2ccccc2F)CC1. The molecule has 2 N–H and O–H groups in total. The predicted octanol–water partition coefficient (Wildman–Crippen LogP) is 2.13. The molecule has 0 aromatic heterocycles. The van der Waals surface area contributed by atoms with Crippen molar-refractivity contribution in [3.05, 3.63) is 35.6 Å². The molecule has 5 nitrogen and oxygen atoms in total. The molecule has 0 amide bonds. The number of nitrogens with zero attached hydrogens (tertiary/aromatic N) is 2. The van der Waals surface area contributed by atoms with Crippen molar-refractivity contribution >= 4 is 5.96 Å². The zero-order valence-electron chi connectivity index (χ0n) is 15.9. The molecule has 1 aliphatic carbocycles. The molecule has 1 saturated carbocycles. The summed E-state index contributed by atoms with van der Waals surface area (Å²) in [5.41, 5.74) is 0.741. The van der Waals surface area contributed by atoms with Gasteiger partial charge in [-0.1, -0.05) is 18.2 Å². The van der Waals surface area contributed by atoms with E-state index in [2.05, 4.69) is 20.5 Å². The summed E-state index contributed by atoms with van der Waals surface area (Å²) < 4.78 is 19.3. The lowest BCUT2D eigenvalue weighted by Crippen LogP contribution is -2.47. The zero-order chi connectivity index (χ0) is 18.4. The average Bonchev–Trinajstić information content (AvgIpc) is 3.31. The normalized spacial score (nSPS) is 22.4. The summed E-state index contributed by atoms with van der Waals surface area (Å²) in [6, 6.07) is 7.65. The fraction of sp³-hybridized carbons (Fsp3) is 0.650. The standard InChI is InChI=1S/C20H31FN4O/c1-22-19(23-14-16-6-5-11-25(16)12-13-26-2)24-15-20(9-10-20)17-7-3-4-8-18(17)21/h3-4,7-8,16H,5-6,9-15H2,1-2H3,(H2,22,23,24). The first-order valence-corrected chi connectivity index (χ1v) is 9.61. The molecular weight excluding hydrogens is 331 g/mol. The van der Waals surface area contributed by atoms with Crippen LogP contribution in [-0.2, 0) is 10.2 Å². The van der Waals surface area contributed by atoms with E-state index in [9.17, 15) is 4.39 Å². The molecule has 1 unspecified atom stereocenters. The number of hydrogen-bond donors (Lipinski definition) is 2. The molecule has 144 valence electrons. The van der Waals surface area contributed by atoms with E-state index >= 15 is 0 Å². The van der Waals surface area contributed by atoms with Crippen molar-refractivity contribution in [2.75, 3.05) is 46.9 Å². The number of methoxy groups -OCH3 is 1. The van der Waals surface area contributed by atoms with Gasteiger partial charge in [-0.2, -0.15) is 0 Å². The van der Waals surface area contributed by atoms with Crippen LogP contribution in [0.5, 0.6) is 0 Å². The molecular formula is C20H31FN4O. The molecule has 0 radical (unpaired) electrons. The van der Waals surface area contributed by atoms with Crippen LogP contribution in [0.25, 0.3) is 0 Å². The molecule has 1 aliphatic heterocycles. The largest absolute Gasteiger partial charge is 0.383 e. The topological polar surface area (TPSA) is 48.9 Å². The van der Waals surface area contributed by atoms with E-state index in [0.29, 0.717) is 12.6 Å².